The van der Waals surface area contributed by atoms with Gasteiger partial charge in [-0.2, -0.15) is 0 Å². The zero-order valence-electron chi connectivity index (χ0n) is 11.2. The number of hydrogen-bond donors (Lipinski definition) is 1. The molecule has 0 aliphatic carbocycles. The van der Waals surface area contributed by atoms with Crippen LogP contribution in [0, 0.1) is 12.3 Å². The van der Waals surface area contributed by atoms with Crippen molar-refractivity contribution in [2.24, 2.45) is 5.41 Å². The van der Waals surface area contributed by atoms with E-state index in [1.807, 2.05) is 33.8 Å². The summed E-state index contributed by atoms with van der Waals surface area (Å²) >= 11 is 0. The number of nitrogens with one attached hydrogen (secondary N) is 1. The van der Waals surface area contributed by atoms with E-state index in [2.05, 4.69) is 5.32 Å². The van der Waals surface area contributed by atoms with Crippen LogP contribution >= 0.6 is 0 Å². The lowest BCUT2D eigenvalue weighted by molar-refractivity contribution is -0.146. The molecule has 0 aromatic carbocycles. The first-order valence-electron chi connectivity index (χ1n) is 5.70. The highest BCUT2D eigenvalue weighted by atomic mass is 16.5. The Morgan fingerprint density at radius 3 is 2.59 bits per heavy atom. The van der Waals surface area contributed by atoms with Gasteiger partial charge in [0.25, 0.3) is 0 Å². The van der Waals surface area contributed by atoms with Gasteiger partial charge in [0.1, 0.15) is 11.8 Å². The lowest BCUT2D eigenvalue weighted by Crippen LogP contribution is -2.46. The molecule has 0 aliphatic heterocycles. The predicted molar refractivity (Wildman–Crippen MR) is 65.5 cm³/mol. The second kappa shape index (κ2) is 5.36. The zero-order valence-corrected chi connectivity index (χ0v) is 11.2. The summed E-state index contributed by atoms with van der Waals surface area (Å²) in [6.45, 7) is 8.49. The maximum absolute atomic E-state index is 11.7. The van der Waals surface area contributed by atoms with Gasteiger partial charge in [-0.3, -0.25) is 10.1 Å². The minimum atomic E-state index is -0.350. The van der Waals surface area contributed by atoms with Gasteiger partial charge in [-0.25, -0.2) is 0 Å². The van der Waals surface area contributed by atoms with Gasteiger partial charge in [-0.05, 0) is 24.0 Å². The SMILES string of the molecule is COC(=O)[C@H](NCc1occc1C)C(C)(C)C. The zero-order chi connectivity index (χ0) is 13.1. The van der Waals surface area contributed by atoms with Crippen molar-refractivity contribution in [2.45, 2.75) is 40.3 Å². The summed E-state index contributed by atoms with van der Waals surface area (Å²) in [5.41, 5.74) is 0.878. The Balaban J connectivity index is 2.69. The highest BCUT2D eigenvalue weighted by molar-refractivity contribution is 5.76. The summed E-state index contributed by atoms with van der Waals surface area (Å²) in [5.74, 6) is 0.602. The number of esters is 1. The topological polar surface area (TPSA) is 51.5 Å². The van der Waals surface area contributed by atoms with E-state index in [4.69, 9.17) is 9.15 Å². The summed E-state index contributed by atoms with van der Waals surface area (Å²) < 4.78 is 10.1. The van der Waals surface area contributed by atoms with Crippen molar-refractivity contribution < 1.29 is 13.9 Å². The van der Waals surface area contributed by atoms with Gasteiger partial charge in [0.05, 0.1) is 19.9 Å². The molecular formula is C13H21NO3. The minimum absolute atomic E-state index is 0.201. The standard InChI is InChI=1S/C13H21NO3/c1-9-6-7-17-10(9)8-14-11(12(15)16-5)13(2,3)4/h6-7,11,14H,8H2,1-5H3/t11-/m0/s1. The van der Waals surface area contributed by atoms with Crippen LogP contribution in [0.4, 0.5) is 0 Å². The van der Waals surface area contributed by atoms with E-state index in [0.29, 0.717) is 6.54 Å². The van der Waals surface area contributed by atoms with Crippen LogP contribution < -0.4 is 5.32 Å². The lowest BCUT2D eigenvalue weighted by Gasteiger charge is -2.28. The Morgan fingerprint density at radius 2 is 2.18 bits per heavy atom. The minimum Gasteiger partial charge on any atom is -0.468 e. The summed E-state index contributed by atoms with van der Waals surface area (Å²) in [5, 5.41) is 3.19. The number of furan rings is 1. The normalized spacial score (nSPS) is 13.5. The van der Waals surface area contributed by atoms with Crippen LogP contribution in [0.2, 0.25) is 0 Å². The third-order valence-corrected chi connectivity index (χ3v) is 2.74. The summed E-state index contributed by atoms with van der Waals surface area (Å²) in [6, 6.07) is 1.55. The molecule has 17 heavy (non-hydrogen) atoms. The number of carbonyl (C=O) groups excluding carboxylic acids is 1. The fourth-order valence-electron chi connectivity index (χ4n) is 1.64. The summed E-state index contributed by atoms with van der Waals surface area (Å²) in [6.07, 6.45) is 1.65. The van der Waals surface area contributed by atoms with Crippen molar-refractivity contribution in [3.8, 4) is 0 Å². The van der Waals surface area contributed by atoms with Crippen LogP contribution in [-0.2, 0) is 16.1 Å². The molecule has 96 valence electrons. The van der Waals surface area contributed by atoms with Gasteiger partial charge in [-0.15, -0.1) is 0 Å². The second-order valence-electron chi connectivity index (χ2n) is 5.23. The molecule has 0 radical (unpaired) electrons. The van der Waals surface area contributed by atoms with Crippen LogP contribution in [-0.4, -0.2) is 19.1 Å². The first kappa shape index (κ1) is 13.8. The highest BCUT2D eigenvalue weighted by Gasteiger charge is 2.31. The largest absolute Gasteiger partial charge is 0.468 e. The Labute approximate surface area is 102 Å². The van der Waals surface area contributed by atoms with Gasteiger partial charge >= 0.3 is 5.97 Å². The Hall–Kier alpha value is -1.29. The first-order valence-corrected chi connectivity index (χ1v) is 5.70. The predicted octanol–water partition coefficient (Wildman–Crippen LogP) is 2.27. The van der Waals surface area contributed by atoms with Crippen LogP contribution in [0.5, 0.6) is 0 Å². The van der Waals surface area contributed by atoms with Crippen LogP contribution in [0.1, 0.15) is 32.1 Å². The monoisotopic (exact) mass is 239 g/mol. The number of ether oxygens (including phenoxy) is 1. The maximum Gasteiger partial charge on any atom is 0.323 e. The van der Waals surface area contributed by atoms with Crippen LogP contribution in [0.25, 0.3) is 0 Å². The Kier molecular flexibility index (Phi) is 4.34. The molecule has 0 unspecified atom stereocenters. The third-order valence-electron chi connectivity index (χ3n) is 2.74. The quantitative estimate of drug-likeness (QED) is 0.819. The molecule has 0 fully saturated rings. The number of hydrogen-bond acceptors (Lipinski definition) is 4. The van der Waals surface area contributed by atoms with Gasteiger partial charge in [0.2, 0.25) is 0 Å². The average Bonchev–Trinajstić information content (AvgIpc) is 2.62. The molecule has 0 aliphatic rings. The number of methoxy groups -OCH3 is 1. The molecule has 0 spiro atoms. The molecule has 0 saturated carbocycles. The van der Waals surface area contributed by atoms with Crippen molar-refractivity contribution in [1.29, 1.82) is 0 Å². The number of rotatable bonds is 4. The molecule has 0 amide bonds. The number of carbonyl (C=O) groups is 1. The summed E-state index contributed by atoms with van der Waals surface area (Å²) in [7, 11) is 1.40. The Bertz CT molecular complexity index is 376. The molecule has 4 nitrogen and oxygen atoms in total. The second-order valence-corrected chi connectivity index (χ2v) is 5.23. The van der Waals surface area contributed by atoms with Gasteiger partial charge in [0, 0.05) is 0 Å². The first-order chi connectivity index (χ1) is 7.86. The van der Waals surface area contributed by atoms with Crippen LogP contribution in [0.15, 0.2) is 16.7 Å². The average molecular weight is 239 g/mol. The van der Waals surface area contributed by atoms with Crippen molar-refractivity contribution in [2.75, 3.05) is 7.11 Å². The van der Waals surface area contributed by atoms with E-state index in [-0.39, 0.29) is 17.4 Å². The van der Waals surface area contributed by atoms with E-state index >= 15 is 0 Å². The smallest absolute Gasteiger partial charge is 0.323 e. The fourth-order valence-corrected chi connectivity index (χ4v) is 1.64. The molecule has 0 bridgehead atoms. The number of aryl methyl sites for hydroxylation is 1. The third kappa shape index (κ3) is 3.60. The molecule has 1 aromatic heterocycles. The lowest BCUT2D eigenvalue weighted by atomic mass is 9.86. The van der Waals surface area contributed by atoms with Crippen molar-refractivity contribution in [3.63, 3.8) is 0 Å². The molecule has 4 heteroatoms. The maximum atomic E-state index is 11.7. The van der Waals surface area contributed by atoms with E-state index in [9.17, 15) is 4.79 Å². The molecule has 0 saturated heterocycles. The van der Waals surface area contributed by atoms with E-state index in [1.165, 1.54) is 7.11 Å². The van der Waals surface area contributed by atoms with E-state index in [1.54, 1.807) is 6.26 Å². The summed E-state index contributed by atoms with van der Waals surface area (Å²) in [4.78, 5) is 11.7. The van der Waals surface area contributed by atoms with Crippen molar-refractivity contribution in [3.05, 3.63) is 23.7 Å². The van der Waals surface area contributed by atoms with E-state index < -0.39 is 0 Å². The van der Waals surface area contributed by atoms with Crippen molar-refractivity contribution >= 4 is 5.97 Å². The highest BCUT2D eigenvalue weighted by Crippen LogP contribution is 2.21. The Morgan fingerprint density at radius 1 is 1.53 bits per heavy atom. The fraction of sp³-hybridized carbons (Fsp3) is 0.615. The van der Waals surface area contributed by atoms with E-state index in [0.717, 1.165) is 11.3 Å². The molecule has 1 rings (SSSR count). The molecular weight excluding hydrogens is 218 g/mol. The molecule has 1 aromatic rings. The molecule has 1 N–H and O–H groups in total. The van der Waals surface area contributed by atoms with Crippen LogP contribution in [0.3, 0.4) is 0 Å². The van der Waals surface area contributed by atoms with Gasteiger partial charge in [-0.1, -0.05) is 20.8 Å². The molecule has 1 heterocycles. The molecule has 1 atom stereocenters. The van der Waals surface area contributed by atoms with Crippen molar-refractivity contribution in [1.82, 2.24) is 5.32 Å². The van der Waals surface area contributed by atoms with Gasteiger partial charge < -0.3 is 9.15 Å². The van der Waals surface area contributed by atoms with Gasteiger partial charge in [0.15, 0.2) is 0 Å².